The first-order valence-corrected chi connectivity index (χ1v) is 8.70. The van der Waals surface area contributed by atoms with E-state index in [2.05, 4.69) is 15.4 Å². The van der Waals surface area contributed by atoms with E-state index in [9.17, 15) is 18.4 Å². The molecule has 0 aliphatic carbocycles. The van der Waals surface area contributed by atoms with Crippen molar-refractivity contribution < 1.29 is 23.1 Å². The summed E-state index contributed by atoms with van der Waals surface area (Å²) >= 11 is 1.33. The lowest BCUT2D eigenvalue weighted by Gasteiger charge is -2.09. The Kier molecular flexibility index (Phi) is 5.77. The second-order valence-electron chi connectivity index (χ2n) is 5.37. The van der Waals surface area contributed by atoms with Gasteiger partial charge in [-0.1, -0.05) is 12.1 Å². The fraction of sp³-hybridized carbons (Fsp3) is 0.0526. The van der Waals surface area contributed by atoms with E-state index in [1.54, 1.807) is 36.4 Å². The summed E-state index contributed by atoms with van der Waals surface area (Å²) in [6.07, 6.45) is 0. The highest BCUT2D eigenvalue weighted by Gasteiger charge is 2.10. The molecular weight excluding hydrogens is 374 g/mol. The van der Waals surface area contributed by atoms with Gasteiger partial charge in [0, 0.05) is 16.9 Å². The Morgan fingerprint density at radius 3 is 2.15 bits per heavy atom. The van der Waals surface area contributed by atoms with Crippen molar-refractivity contribution in [3.63, 3.8) is 0 Å². The minimum Gasteiger partial charge on any atom is -0.435 e. The second kappa shape index (κ2) is 8.41. The maximum Gasteiger partial charge on any atom is 0.387 e. The molecule has 5 nitrogen and oxygen atoms in total. The predicted molar refractivity (Wildman–Crippen MR) is 99.7 cm³/mol. The number of rotatable bonds is 6. The number of thiophene rings is 1. The van der Waals surface area contributed by atoms with E-state index in [1.807, 2.05) is 5.38 Å². The minimum absolute atomic E-state index is 0.0279. The van der Waals surface area contributed by atoms with Crippen LogP contribution >= 0.6 is 11.3 Å². The third-order valence-electron chi connectivity index (χ3n) is 3.46. The summed E-state index contributed by atoms with van der Waals surface area (Å²) in [4.78, 5) is 24.9. The van der Waals surface area contributed by atoms with Crippen LogP contribution in [0.15, 0.2) is 66.0 Å². The van der Waals surface area contributed by atoms with Gasteiger partial charge in [-0.25, -0.2) is 0 Å². The second-order valence-corrected chi connectivity index (χ2v) is 6.32. The van der Waals surface area contributed by atoms with Crippen LogP contribution in [0.3, 0.4) is 0 Å². The number of benzene rings is 2. The molecule has 0 atom stereocenters. The van der Waals surface area contributed by atoms with Crippen LogP contribution in [0.25, 0.3) is 0 Å². The normalized spacial score (nSPS) is 10.5. The van der Waals surface area contributed by atoms with Gasteiger partial charge in [0.2, 0.25) is 0 Å². The quantitative estimate of drug-likeness (QED) is 0.634. The van der Waals surface area contributed by atoms with Crippen LogP contribution in [0.1, 0.15) is 20.0 Å². The average molecular weight is 388 g/mol. The van der Waals surface area contributed by atoms with Crippen LogP contribution < -0.4 is 15.4 Å². The zero-order valence-corrected chi connectivity index (χ0v) is 14.6. The molecule has 0 saturated heterocycles. The number of nitrogens with one attached hydrogen (secondary N) is 2. The number of carbonyl (C=O) groups is 2. The van der Waals surface area contributed by atoms with E-state index in [0.29, 0.717) is 16.3 Å². The molecular formula is C19H14F2N2O3S. The van der Waals surface area contributed by atoms with E-state index < -0.39 is 12.5 Å². The van der Waals surface area contributed by atoms with Gasteiger partial charge in [0.25, 0.3) is 11.8 Å². The highest BCUT2D eigenvalue weighted by atomic mass is 32.1. The summed E-state index contributed by atoms with van der Waals surface area (Å²) < 4.78 is 28.6. The molecule has 2 aromatic carbocycles. The fourth-order valence-electron chi connectivity index (χ4n) is 2.27. The van der Waals surface area contributed by atoms with Gasteiger partial charge >= 0.3 is 6.61 Å². The average Bonchev–Trinajstić information content (AvgIpc) is 3.17. The highest BCUT2D eigenvalue weighted by molar-refractivity contribution is 7.12. The summed E-state index contributed by atoms with van der Waals surface area (Å²) in [5.74, 6) is -0.678. The van der Waals surface area contributed by atoms with Crippen molar-refractivity contribution in [2.45, 2.75) is 6.61 Å². The molecule has 3 aromatic rings. The summed E-state index contributed by atoms with van der Waals surface area (Å²) in [6, 6.07) is 15.5. The number of alkyl halides is 2. The summed E-state index contributed by atoms with van der Waals surface area (Å²) in [5, 5.41) is 7.25. The molecule has 1 aromatic heterocycles. The topological polar surface area (TPSA) is 67.4 Å². The first-order chi connectivity index (χ1) is 13.0. The molecule has 0 aliphatic heterocycles. The van der Waals surface area contributed by atoms with Gasteiger partial charge in [-0.05, 0) is 53.9 Å². The number of halogens is 2. The predicted octanol–water partition coefficient (Wildman–Crippen LogP) is 4.85. The number of amides is 2. The molecule has 0 aliphatic rings. The lowest BCUT2D eigenvalue weighted by Crippen LogP contribution is -2.13. The Balaban J connectivity index is 1.65. The molecule has 138 valence electrons. The van der Waals surface area contributed by atoms with Crippen LogP contribution in [0.2, 0.25) is 0 Å². The van der Waals surface area contributed by atoms with Crippen LogP contribution in [0.5, 0.6) is 5.75 Å². The Morgan fingerprint density at radius 1 is 0.889 bits per heavy atom. The summed E-state index contributed by atoms with van der Waals surface area (Å²) in [6.45, 7) is -2.92. The molecule has 1 heterocycles. The molecule has 0 unspecified atom stereocenters. The largest absolute Gasteiger partial charge is 0.435 e. The van der Waals surface area contributed by atoms with Gasteiger partial charge in [-0.3, -0.25) is 9.59 Å². The van der Waals surface area contributed by atoms with Crippen LogP contribution in [0.4, 0.5) is 20.2 Å². The fourth-order valence-corrected chi connectivity index (χ4v) is 2.89. The SMILES string of the molecule is O=C(Nc1cccc(NC(=O)c2cccs2)c1)c1ccc(OC(F)F)cc1. The molecule has 3 rings (SSSR count). The lowest BCUT2D eigenvalue weighted by atomic mass is 10.2. The molecule has 2 N–H and O–H groups in total. The first kappa shape index (κ1) is 18.5. The molecule has 27 heavy (non-hydrogen) atoms. The molecule has 0 bridgehead atoms. The van der Waals surface area contributed by atoms with E-state index in [4.69, 9.17) is 0 Å². The smallest absolute Gasteiger partial charge is 0.387 e. The molecule has 0 spiro atoms. The minimum atomic E-state index is -2.92. The van der Waals surface area contributed by atoms with E-state index in [-0.39, 0.29) is 17.2 Å². The lowest BCUT2D eigenvalue weighted by molar-refractivity contribution is -0.0498. The number of hydrogen-bond donors (Lipinski definition) is 2. The van der Waals surface area contributed by atoms with Gasteiger partial charge in [-0.2, -0.15) is 8.78 Å². The Labute approximate surface area is 157 Å². The van der Waals surface area contributed by atoms with Crippen molar-refractivity contribution in [1.29, 1.82) is 0 Å². The van der Waals surface area contributed by atoms with Gasteiger partial charge in [0.05, 0.1) is 4.88 Å². The number of hydrogen-bond acceptors (Lipinski definition) is 4. The highest BCUT2D eigenvalue weighted by Crippen LogP contribution is 2.19. The maximum absolute atomic E-state index is 12.3. The number of carbonyl (C=O) groups excluding carboxylic acids is 2. The van der Waals surface area contributed by atoms with E-state index >= 15 is 0 Å². The zero-order valence-electron chi connectivity index (χ0n) is 13.8. The zero-order chi connectivity index (χ0) is 19.2. The van der Waals surface area contributed by atoms with Gasteiger partial charge in [0.1, 0.15) is 5.75 Å². The molecule has 0 saturated carbocycles. The van der Waals surface area contributed by atoms with E-state index in [0.717, 1.165) is 0 Å². The molecule has 0 radical (unpaired) electrons. The molecule has 0 fully saturated rings. The van der Waals surface area contributed by atoms with Crippen LogP contribution in [-0.4, -0.2) is 18.4 Å². The van der Waals surface area contributed by atoms with Crippen molar-refractivity contribution in [2.24, 2.45) is 0 Å². The van der Waals surface area contributed by atoms with Crippen molar-refractivity contribution in [1.82, 2.24) is 0 Å². The van der Waals surface area contributed by atoms with Gasteiger partial charge in [-0.15, -0.1) is 11.3 Å². The van der Waals surface area contributed by atoms with Crippen LogP contribution in [0, 0.1) is 0 Å². The monoisotopic (exact) mass is 388 g/mol. The summed E-state index contributed by atoms with van der Waals surface area (Å²) in [5.41, 5.74) is 1.30. The molecule has 2 amide bonds. The first-order valence-electron chi connectivity index (χ1n) is 7.82. The van der Waals surface area contributed by atoms with Gasteiger partial charge in [0.15, 0.2) is 0 Å². The van der Waals surface area contributed by atoms with Crippen molar-refractivity contribution in [2.75, 3.05) is 10.6 Å². The third-order valence-corrected chi connectivity index (χ3v) is 4.33. The Bertz CT molecular complexity index is 928. The summed E-state index contributed by atoms with van der Waals surface area (Å²) in [7, 11) is 0. The molecule has 8 heteroatoms. The van der Waals surface area contributed by atoms with Crippen molar-refractivity contribution in [3.05, 3.63) is 76.5 Å². The standard InChI is InChI=1S/C19H14F2N2O3S/c20-19(21)26-15-8-6-12(7-9-15)17(24)22-13-3-1-4-14(11-13)23-18(25)16-5-2-10-27-16/h1-11,19H,(H,22,24)(H,23,25). The Morgan fingerprint density at radius 2 is 1.56 bits per heavy atom. The van der Waals surface area contributed by atoms with Crippen LogP contribution in [-0.2, 0) is 0 Å². The van der Waals surface area contributed by atoms with E-state index in [1.165, 1.54) is 35.6 Å². The third kappa shape index (κ3) is 5.11. The Hall–Kier alpha value is -3.26. The van der Waals surface area contributed by atoms with Crippen molar-refractivity contribution >= 4 is 34.5 Å². The maximum atomic E-state index is 12.3. The number of ether oxygens (including phenoxy) is 1. The number of anilines is 2. The van der Waals surface area contributed by atoms with Crippen molar-refractivity contribution in [3.8, 4) is 5.75 Å². The van der Waals surface area contributed by atoms with Gasteiger partial charge < -0.3 is 15.4 Å².